The molecule has 0 aromatic heterocycles. The van der Waals surface area contributed by atoms with Crippen molar-refractivity contribution >= 4 is 5.97 Å². The van der Waals surface area contributed by atoms with Crippen LogP contribution in [0.1, 0.15) is 44.9 Å². The summed E-state index contributed by atoms with van der Waals surface area (Å²) in [5.41, 5.74) is 6.20. The van der Waals surface area contributed by atoms with Crippen LogP contribution < -0.4 is 5.73 Å². The Bertz CT molecular complexity index is 636. The molecule has 0 aromatic rings. The summed E-state index contributed by atoms with van der Waals surface area (Å²) < 4.78 is 26.9. The fourth-order valence-electron chi connectivity index (χ4n) is 4.12. The molecule has 10 atom stereocenters. The third-order valence-corrected chi connectivity index (χ3v) is 6.32. The Balaban J connectivity index is -0.000000720. The van der Waals surface area contributed by atoms with Gasteiger partial charge in [0.15, 0.2) is 12.6 Å². The second-order valence-corrected chi connectivity index (χ2v) is 8.91. The van der Waals surface area contributed by atoms with Crippen molar-refractivity contribution in [3.63, 3.8) is 0 Å². The minimum Gasteiger partial charge on any atom is -0.469 e. The van der Waals surface area contributed by atoms with Gasteiger partial charge in [-0.15, -0.1) is 0 Å². The first kappa shape index (κ1) is 58.0. The number of hydrogen-bond donors (Lipinski definition) is 7. The van der Waals surface area contributed by atoms with Crippen LogP contribution in [0.15, 0.2) is 0 Å². The molecular formula is C22H41Ac6NO12. The van der Waals surface area contributed by atoms with Crippen molar-refractivity contribution in [1.82, 2.24) is 0 Å². The molecule has 19 heteroatoms. The molecule has 13 nitrogen and oxygen atoms in total. The van der Waals surface area contributed by atoms with Gasteiger partial charge >= 0.3 is 5.97 Å². The maximum absolute atomic E-state index is 11.1. The number of nitrogens with two attached hydrogens (primary N) is 1. The predicted octanol–water partition coefficient (Wildman–Crippen LogP) is -2.50. The van der Waals surface area contributed by atoms with E-state index in [4.69, 9.17) is 24.7 Å². The Hall–Kier alpha value is 7.68. The zero-order chi connectivity index (χ0) is 26.0. The summed E-state index contributed by atoms with van der Waals surface area (Å²) in [6.45, 7) is -0.876. The number of aliphatic hydroxyl groups is 6. The molecular weight excluding hydrogens is 1830 g/mol. The normalized spacial score (nSPS) is 32.3. The van der Waals surface area contributed by atoms with E-state index in [1.807, 2.05) is 0 Å². The quantitative estimate of drug-likeness (QED) is 0.0710. The SMILES string of the molecule is COC(=O)CCCCCCCCO[C@H]1OC(CO)[C@@H](O)C(O[C@@H]2OC(CO)[C@H](O)C(O)C2O)C1N.[Ac].[Ac].[Ac].[Ac].[Ac].[Ac]. The molecule has 0 amide bonds. The summed E-state index contributed by atoms with van der Waals surface area (Å²) >= 11 is 0. The molecule has 0 saturated carbocycles. The molecule has 2 saturated heterocycles. The van der Waals surface area contributed by atoms with Crippen molar-refractivity contribution in [1.29, 1.82) is 0 Å². The van der Waals surface area contributed by atoms with Crippen LogP contribution >= 0.6 is 0 Å². The summed E-state index contributed by atoms with van der Waals surface area (Å²) in [5.74, 6) is -0.206. The van der Waals surface area contributed by atoms with E-state index in [1.54, 1.807) is 0 Å². The molecule has 0 aliphatic carbocycles. The van der Waals surface area contributed by atoms with Gasteiger partial charge in [-0.25, -0.2) is 0 Å². The second-order valence-electron chi connectivity index (χ2n) is 8.91. The average molecular weight is 1870 g/mol. The van der Waals surface area contributed by atoms with E-state index in [2.05, 4.69) is 4.74 Å². The van der Waals surface area contributed by atoms with Gasteiger partial charge in [-0.2, -0.15) is 0 Å². The molecule has 0 spiro atoms. The third kappa shape index (κ3) is 20.5. The number of esters is 1. The zero-order valence-electron chi connectivity index (χ0n) is 23.5. The molecule has 2 aliphatic heterocycles. The number of carbonyl (C=O) groups excluding carboxylic acids is 1. The molecule has 41 heavy (non-hydrogen) atoms. The Morgan fingerprint density at radius 3 is 1.73 bits per heavy atom. The first-order valence-electron chi connectivity index (χ1n) is 12.1. The molecule has 0 bridgehead atoms. The second kappa shape index (κ2) is 33.5. The van der Waals surface area contributed by atoms with Crippen molar-refractivity contribution in [2.24, 2.45) is 5.73 Å². The van der Waals surface area contributed by atoms with Gasteiger partial charge in [-0.3, -0.25) is 4.79 Å². The number of hydrogen-bond acceptors (Lipinski definition) is 13. The van der Waals surface area contributed by atoms with E-state index in [1.165, 1.54) is 7.11 Å². The first-order valence-corrected chi connectivity index (χ1v) is 12.1. The Labute approximate surface area is 457 Å². The fraction of sp³-hybridized carbons (Fsp3) is 0.955. The maximum atomic E-state index is 11.1. The van der Waals surface area contributed by atoms with Crippen molar-refractivity contribution in [3.05, 3.63) is 0 Å². The molecule has 224 valence electrons. The van der Waals surface area contributed by atoms with Gasteiger partial charge < -0.3 is 60.1 Å². The van der Waals surface area contributed by atoms with Crippen LogP contribution in [0.2, 0.25) is 0 Å². The van der Waals surface area contributed by atoms with Gasteiger partial charge in [0.1, 0.15) is 42.7 Å². The molecule has 2 heterocycles. The fourth-order valence-corrected chi connectivity index (χ4v) is 4.12. The van der Waals surface area contributed by atoms with E-state index in [-0.39, 0.29) is 270 Å². The predicted molar refractivity (Wildman–Crippen MR) is 119 cm³/mol. The van der Waals surface area contributed by atoms with Gasteiger partial charge in [0.05, 0.1) is 26.4 Å². The Morgan fingerprint density at radius 2 is 1.20 bits per heavy atom. The summed E-state index contributed by atoms with van der Waals surface area (Å²) in [4.78, 5) is 11.1. The summed E-state index contributed by atoms with van der Waals surface area (Å²) in [5, 5.41) is 59.7. The van der Waals surface area contributed by atoms with Crippen LogP contribution in [0.4, 0.5) is 0 Å². The molecule has 2 rings (SSSR count). The van der Waals surface area contributed by atoms with Gasteiger partial charge in [0, 0.05) is 277 Å². The van der Waals surface area contributed by atoms with Crippen molar-refractivity contribution in [2.45, 2.75) is 106 Å². The monoisotopic (exact) mass is 1870 g/mol. The molecule has 0 aromatic carbocycles. The topological polar surface area (TPSA) is 211 Å². The van der Waals surface area contributed by atoms with Crippen LogP contribution in [0.5, 0.6) is 0 Å². The minimum absolute atomic E-state index is 0. The van der Waals surface area contributed by atoms with E-state index in [9.17, 15) is 35.4 Å². The Morgan fingerprint density at radius 1 is 0.707 bits per heavy atom. The van der Waals surface area contributed by atoms with E-state index in [0.29, 0.717) is 19.4 Å². The maximum Gasteiger partial charge on any atom is 0.305 e. The van der Waals surface area contributed by atoms with Crippen molar-refractivity contribution < 1.29 is 323 Å². The molecule has 2 fully saturated rings. The number of ether oxygens (including phenoxy) is 5. The third-order valence-electron chi connectivity index (χ3n) is 6.32. The van der Waals surface area contributed by atoms with E-state index >= 15 is 0 Å². The smallest absolute Gasteiger partial charge is 0.305 e. The summed E-state index contributed by atoms with van der Waals surface area (Å²) in [7, 11) is 1.37. The van der Waals surface area contributed by atoms with E-state index < -0.39 is 74.6 Å². The van der Waals surface area contributed by atoms with E-state index in [0.717, 1.165) is 32.1 Å². The van der Waals surface area contributed by atoms with Crippen LogP contribution in [-0.4, -0.2) is 125 Å². The molecule has 8 N–H and O–H groups in total. The number of methoxy groups -OCH3 is 1. The standard InChI is InChI=1S/C22H41NO12.6Ac/c1-31-14(26)8-6-4-2-3-5-7-9-32-21-15(23)20(17(28)13(11-25)33-21)35-22-19(30)18(29)16(27)12(10-24)34-22;;;;;;/h12-13,15-22,24-25,27-30H,2-11,23H2,1H3;;;;;;/t12?,13?,15?,16-,17+,18?,19?,20?,21-,22-;;;;;;/m0....../s1. The molecule has 2 aliphatic rings. The average Bonchev–Trinajstić information content (AvgIpc) is 2.86. The number of aliphatic hydroxyl groups excluding tert-OH is 6. The minimum atomic E-state index is -1.67. The largest absolute Gasteiger partial charge is 0.469 e. The molecule has 6 radical (unpaired) electrons. The van der Waals surface area contributed by atoms with Gasteiger partial charge in [0.25, 0.3) is 0 Å². The van der Waals surface area contributed by atoms with Crippen LogP contribution in [-0.2, 0) is 28.5 Å². The number of rotatable bonds is 14. The summed E-state index contributed by atoms with van der Waals surface area (Å²) in [6.07, 6.45) is -6.61. The van der Waals surface area contributed by atoms with Crippen LogP contribution in [0.25, 0.3) is 0 Å². The number of unbranched alkanes of at least 4 members (excludes halogenated alkanes) is 5. The Kier molecular flexibility index (Phi) is 47.4. The van der Waals surface area contributed by atoms with Crippen LogP contribution in [0.3, 0.4) is 0 Å². The number of carbonyl (C=O) groups is 1. The zero-order valence-corrected chi connectivity index (χ0v) is 52.0. The van der Waals surface area contributed by atoms with Crippen molar-refractivity contribution in [2.75, 3.05) is 26.9 Å². The van der Waals surface area contributed by atoms with Crippen molar-refractivity contribution in [3.8, 4) is 0 Å². The van der Waals surface area contributed by atoms with Crippen LogP contribution in [0, 0.1) is 264 Å². The molecule has 6 unspecified atom stereocenters. The van der Waals surface area contributed by atoms with Gasteiger partial charge in [-0.05, 0) is 12.8 Å². The summed E-state index contributed by atoms with van der Waals surface area (Å²) in [6, 6.07) is -1.03. The van der Waals surface area contributed by atoms with Gasteiger partial charge in [-0.1, -0.05) is 25.7 Å². The first-order chi connectivity index (χ1) is 16.7. The van der Waals surface area contributed by atoms with Gasteiger partial charge in [0.2, 0.25) is 0 Å².